The summed E-state index contributed by atoms with van der Waals surface area (Å²) >= 11 is 1.06. The highest BCUT2D eigenvalue weighted by Crippen LogP contribution is 2.37. The monoisotopic (exact) mass is 477 g/mol. The summed E-state index contributed by atoms with van der Waals surface area (Å²) in [5.41, 5.74) is 0.490. The molecular formula is C20H23N5O5S2. The maximum atomic E-state index is 13.1. The van der Waals surface area contributed by atoms with E-state index in [4.69, 9.17) is 4.42 Å². The molecule has 1 saturated heterocycles. The van der Waals surface area contributed by atoms with Crippen molar-refractivity contribution < 1.29 is 17.8 Å². The molecule has 0 spiro atoms. The molecule has 1 aliphatic heterocycles. The normalized spacial score (nSPS) is 17.5. The predicted molar refractivity (Wildman–Crippen MR) is 118 cm³/mol. The van der Waals surface area contributed by atoms with E-state index in [1.54, 1.807) is 23.9 Å². The third-order valence-corrected chi connectivity index (χ3v) is 8.48. The fourth-order valence-corrected chi connectivity index (χ4v) is 6.25. The van der Waals surface area contributed by atoms with Gasteiger partial charge in [-0.05, 0) is 55.6 Å². The Balaban J connectivity index is 1.66. The lowest BCUT2D eigenvalue weighted by molar-refractivity contribution is -0.388. The quantitative estimate of drug-likeness (QED) is 0.387. The van der Waals surface area contributed by atoms with Crippen LogP contribution in [0.25, 0.3) is 11.4 Å². The smallest absolute Gasteiger partial charge is 0.284 e. The SMILES string of the molecule is Cc1occc1-c1nnc(Sc2ccc(S(=O)(=O)N3CCCC(C)C3)cc2[N+](=O)[O-])n1C. The first-order valence-electron chi connectivity index (χ1n) is 10.1. The number of furan rings is 1. The molecule has 3 heterocycles. The molecule has 3 aromatic rings. The number of hydrogen-bond acceptors (Lipinski definition) is 8. The van der Waals surface area contributed by atoms with Crippen molar-refractivity contribution in [1.82, 2.24) is 19.1 Å². The largest absolute Gasteiger partial charge is 0.469 e. The Morgan fingerprint density at radius 1 is 1.28 bits per heavy atom. The van der Waals surface area contributed by atoms with Gasteiger partial charge in [0.1, 0.15) is 5.76 Å². The van der Waals surface area contributed by atoms with Crippen LogP contribution in [-0.2, 0) is 17.1 Å². The fraction of sp³-hybridized carbons (Fsp3) is 0.400. The lowest BCUT2D eigenvalue weighted by atomic mass is 10.0. The average Bonchev–Trinajstić information content (AvgIpc) is 3.33. The molecule has 1 unspecified atom stereocenters. The number of hydrogen-bond donors (Lipinski definition) is 0. The van der Waals surface area contributed by atoms with Crippen LogP contribution in [0.5, 0.6) is 0 Å². The number of aryl methyl sites for hydroxylation is 1. The van der Waals surface area contributed by atoms with Gasteiger partial charge in [-0.25, -0.2) is 8.42 Å². The molecule has 12 heteroatoms. The number of piperidine rings is 1. The summed E-state index contributed by atoms with van der Waals surface area (Å²) in [4.78, 5) is 11.4. The minimum Gasteiger partial charge on any atom is -0.469 e. The van der Waals surface area contributed by atoms with Crippen molar-refractivity contribution in [2.24, 2.45) is 13.0 Å². The molecule has 170 valence electrons. The maximum absolute atomic E-state index is 13.1. The number of aromatic nitrogens is 3. The molecule has 0 N–H and O–H groups in total. The van der Waals surface area contributed by atoms with Gasteiger partial charge in [0.25, 0.3) is 5.69 Å². The first kappa shape index (κ1) is 22.5. The highest BCUT2D eigenvalue weighted by Gasteiger charge is 2.31. The highest BCUT2D eigenvalue weighted by atomic mass is 32.2. The van der Waals surface area contributed by atoms with E-state index in [1.165, 1.54) is 16.4 Å². The second-order valence-electron chi connectivity index (χ2n) is 7.85. The number of sulfonamides is 1. The van der Waals surface area contributed by atoms with Gasteiger partial charge in [0.15, 0.2) is 11.0 Å². The van der Waals surface area contributed by atoms with Gasteiger partial charge in [-0.1, -0.05) is 6.92 Å². The predicted octanol–water partition coefficient (Wildman–Crippen LogP) is 3.86. The molecule has 0 amide bonds. The molecule has 0 bridgehead atoms. The standard InChI is InChI=1S/C20H23N5O5S2/c1-13-5-4-9-24(12-13)32(28,29)15-6-7-18(17(11-15)25(26)27)31-20-22-21-19(23(20)3)16-8-10-30-14(16)2/h6-8,10-11,13H,4-5,9,12H2,1-3H3. The Hall–Kier alpha value is -2.70. The van der Waals surface area contributed by atoms with Crippen molar-refractivity contribution in [2.75, 3.05) is 13.1 Å². The van der Waals surface area contributed by atoms with Crippen LogP contribution >= 0.6 is 11.8 Å². The van der Waals surface area contributed by atoms with Crippen LogP contribution in [0.2, 0.25) is 0 Å². The number of benzene rings is 1. The van der Waals surface area contributed by atoms with E-state index in [-0.39, 0.29) is 21.4 Å². The first-order chi connectivity index (χ1) is 15.2. The molecule has 0 radical (unpaired) electrons. The zero-order chi connectivity index (χ0) is 23.0. The van der Waals surface area contributed by atoms with Gasteiger partial charge in [-0.2, -0.15) is 4.31 Å². The van der Waals surface area contributed by atoms with Gasteiger partial charge in [0, 0.05) is 26.2 Å². The molecule has 1 aromatic carbocycles. The van der Waals surface area contributed by atoms with Gasteiger partial charge in [-0.3, -0.25) is 10.1 Å². The van der Waals surface area contributed by atoms with Crippen LogP contribution in [0.3, 0.4) is 0 Å². The topological polar surface area (TPSA) is 124 Å². The molecule has 0 saturated carbocycles. The Kier molecular flexibility index (Phi) is 6.10. The first-order valence-corrected chi connectivity index (χ1v) is 12.3. The van der Waals surface area contributed by atoms with Crippen molar-refractivity contribution in [1.29, 1.82) is 0 Å². The summed E-state index contributed by atoms with van der Waals surface area (Å²) in [5.74, 6) is 1.51. The van der Waals surface area contributed by atoms with Gasteiger partial charge in [0.2, 0.25) is 10.0 Å². The zero-order valence-electron chi connectivity index (χ0n) is 17.9. The molecule has 0 aliphatic carbocycles. The number of nitrogens with zero attached hydrogens (tertiary/aromatic N) is 5. The van der Waals surface area contributed by atoms with Crippen molar-refractivity contribution in [3.05, 3.63) is 46.4 Å². The molecule has 10 nitrogen and oxygen atoms in total. The second-order valence-corrected chi connectivity index (χ2v) is 10.8. The van der Waals surface area contributed by atoms with E-state index >= 15 is 0 Å². The van der Waals surface area contributed by atoms with E-state index < -0.39 is 14.9 Å². The van der Waals surface area contributed by atoms with Crippen molar-refractivity contribution in [3.8, 4) is 11.4 Å². The maximum Gasteiger partial charge on any atom is 0.284 e. The average molecular weight is 478 g/mol. The van der Waals surface area contributed by atoms with Crippen LogP contribution < -0.4 is 0 Å². The van der Waals surface area contributed by atoms with Crippen molar-refractivity contribution >= 4 is 27.5 Å². The summed E-state index contributed by atoms with van der Waals surface area (Å²) in [7, 11) is -2.05. The molecule has 32 heavy (non-hydrogen) atoms. The molecule has 1 atom stereocenters. The van der Waals surface area contributed by atoms with Crippen LogP contribution in [0.1, 0.15) is 25.5 Å². The van der Waals surface area contributed by atoms with E-state index in [0.717, 1.165) is 36.2 Å². The Bertz CT molecular complexity index is 1270. The summed E-state index contributed by atoms with van der Waals surface area (Å²) < 4.78 is 34.6. The lowest BCUT2D eigenvalue weighted by Gasteiger charge is -2.30. The summed E-state index contributed by atoms with van der Waals surface area (Å²) in [5, 5.41) is 20.5. The Morgan fingerprint density at radius 3 is 2.72 bits per heavy atom. The minimum atomic E-state index is -3.80. The van der Waals surface area contributed by atoms with Crippen LogP contribution in [0.15, 0.2) is 49.9 Å². The minimum absolute atomic E-state index is 0.0738. The van der Waals surface area contributed by atoms with Gasteiger partial charge < -0.3 is 8.98 Å². The van der Waals surface area contributed by atoms with Gasteiger partial charge in [-0.15, -0.1) is 10.2 Å². The second kappa shape index (κ2) is 8.68. The number of nitro benzene ring substituents is 1. The Labute approximate surface area is 189 Å². The molecule has 1 fully saturated rings. The molecule has 1 aliphatic rings. The molecular weight excluding hydrogens is 454 g/mol. The van der Waals surface area contributed by atoms with Crippen molar-refractivity contribution in [2.45, 2.75) is 41.6 Å². The zero-order valence-corrected chi connectivity index (χ0v) is 19.5. The van der Waals surface area contributed by atoms with Gasteiger partial charge in [0.05, 0.1) is 26.5 Å². The lowest BCUT2D eigenvalue weighted by Crippen LogP contribution is -2.39. The number of nitro groups is 1. The van der Waals surface area contributed by atoms with Crippen LogP contribution in [-0.4, -0.2) is 45.5 Å². The summed E-state index contributed by atoms with van der Waals surface area (Å²) in [6, 6.07) is 5.79. The van der Waals surface area contributed by atoms with Crippen molar-refractivity contribution in [3.63, 3.8) is 0 Å². The van der Waals surface area contributed by atoms with E-state index in [0.29, 0.717) is 29.8 Å². The van der Waals surface area contributed by atoms with Crippen LogP contribution in [0.4, 0.5) is 5.69 Å². The highest BCUT2D eigenvalue weighted by molar-refractivity contribution is 7.99. The van der Waals surface area contributed by atoms with E-state index in [9.17, 15) is 18.5 Å². The van der Waals surface area contributed by atoms with E-state index in [2.05, 4.69) is 10.2 Å². The Morgan fingerprint density at radius 2 is 2.06 bits per heavy atom. The third-order valence-electron chi connectivity index (χ3n) is 5.52. The van der Waals surface area contributed by atoms with Crippen LogP contribution in [0, 0.1) is 23.0 Å². The van der Waals surface area contributed by atoms with Gasteiger partial charge >= 0.3 is 0 Å². The van der Waals surface area contributed by atoms with E-state index in [1.807, 2.05) is 13.8 Å². The number of rotatable bonds is 6. The third kappa shape index (κ3) is 4.17. The summed E-state index contributed by atoms with van der Waals surface area (Å²) in [6.45, 7) is 4.65. The molecule has 2 aromatic heterocycles. The molecule has 4 rings (SSSR count). The fourth-order valence-electron chi connectivity index (χ4n) is 3.75. The summed E-state index contributed by atoms with van der Waals surface area (Å²) in [6.07, 6.45) is 3.31.